The molecule has 0 bridgehead atoms. The lowest BCUT2D eigenvalue weighted by Gasteiger charge is -2.11. The molecule has 1 aromatic rings. The second-order valence-corrected chi connectivity index (χ2v) is 4.04. The fraction of sp³-hybridized carbons (Fsp3) is 0.364. The minimum absolute atomic E-state index is 0.498. The first-order valence-corrected chi connectivity index (χ1v) is 5.14. The Morgan fingerprint density at radius 2 is 1.71 bits per heavy atom. The lowest BCUT2D eigenvalue weighted by molar-refractivity contribution is 0.981. The van der Waals surface area contributed by atoms with Gasteiger partial charge in [-0.3, -0.25) is 0 Å². The van der Waals surface area contributed by atoms with Gasteiger partial charge in [0.1, 0.15) is 0 Å². The van der Waals surface area contributed by atoms with Gasteiger partial charge in [-0.05, 0) is 43.0 Å². The van der Waals surface area contributed by atoms with E-state index in [2.05, 4.69) is 6.07 Å². The number of nitriles is 1. The summed E-state index contributed by atoms with van der Waals surface area (Å²) in [6.07, 6.45) is 1.22. The zero-order valence-electron chi connectivity index (χ0n) is 8.19. The molecule has 0 unspecified atom stereocenters. The van der Waals surface area contributed by atoms with E-state index in [9.17, 15) is 0 Å². The molecule has 0 aliphatic rings. The average molecular weight is 228 g/mol. The van der Waals surface area contributed by atoms with E-state index in [1.165, 1.54) is 0 Å². The summed E-state index contributed by atoms with van der Waals surface area (Å²) in [5, 5.41) is 9.88. The van der Waals surface area contributed by atoms with E-state index in [0.29, 0.717) is 22.9 Å². The first-order valence-electron chi connectivity index (χ1n) is 4.39. The summed E-state index contributed by atoms with van der Waals surface area (Å²) in [6, 6.07) is 3.88. The maximum absolute atomic E-state index is 8.53. The summed E-state index contributed by atoms with van der Waals surface area (Å²) in [7, 11) is 0. The average Bonchev–Trinajstić information content (AvgIpc) is 2.15. The molecule has 0 radical (unpaired) electrons. The van der Waals surface area contributed by atoms with Gasteiger partial charge in [-0.2, -0.15) is 5.26 Å². The first-order chi connectivity index (χ1) is 6.57. The lowest BCUT2D eigenvalue weighted by Crippen LogP contribution is -1.95. The molecule has 0 aliphatic carbocycles. The van der Waals surface area contributed by atoms with Crippen molar-refractivity contribution in [3.63, 3.8) is 0 Å². The molecule has 0 amide bonds. The van der Waals surface area contributed by atoms with Crippen molar-refractivity contribution in [1.82, 2.24) is 0 Å². The fourth-order valence-corrected chi connectivity index (χ4v) is 1.96. The molecule has 0 aromatic heterocycles. The third kappa shape index (κ3) is 2.20. The molecular weight excluding hydrogens is 217 g/mol. The number of rotatable bonds is 2. The molecule has 0 heterocycles. The van der Waals surface area contributed by atoms with Crippen LogP contribution in [-0.2, 0) is 6.42 Å². The topological polar surface area (TPSA) is 23.8 Å². The molecule has 0 atom stereocenters. The van der Waals surface area contributed by atoms with Crippen LogP contribution in [0.2, 0.25) is 10.0 Å². The van der Waals surface area contributed by atoms with Crippen molar-refractivity contribution in [1.29, 1.82) is 5.26 Å². The third-order valence-corrected chi connectivity index (χ3v) is 3.15. The van der Waals surface area contributed by atoms with E-state index in [-0.39, 0.29) is 0 Å². The van der Waals surface area contributed by atoms with Gasteiger partial charge in [0.05, 0.1) is 6.07 Å². The second-order valence-electron chi connectivity index (χ2n) is 3.23. The van der Waals surface area contributed by atoms with Crippen LogP contribution in [0.1, 0.15) is 23.1 Å². The van der Waals surface area contributed by atoms with Crippen LogP contribution in [-0.4, -0.2) is 0 Å². The van der Waals surface area contributed by atoms with Crippen molar-refractivity contribution in [3.05, 3.63) is 32.8 Å². The molecule has 0 saturated carbocycles. The number of hydrogen-bond donors (Lipinski definition) is 0. The van der Waals surface area contributed by atoms with Crippen molar-refractivity contribution < 1.29 is 0 Å². The summed E-state index contributed by atoms with van der Waals surface area (Å²) in [5.74, 6) is 0. The number of hydrogen-bond acceptors (Lipinski definition) is 1. The van der Waals surface area contributed by atoms with Crippen LogP contribution in [0.15, 0.2) is 6.07 Å². The Hall–Kier alpha value is -0.710. The molecule has 3 heteroatoms. The van der Waals surface area contributed by atoms with Crippen LogP contribution in [0.25, 0.3) is 0 Å². The zero-order valence-corrected chi connectivity index (χ0v) is 9.71. The predicted molar refractivity (Wildman–Crippen MR) is 59.9 cm³/mol. The van der Waals surface area contributed by atoms with E-state index in [0.717, 1.165) is 16.7 Å². The third-order valence-electron chi connectivity index (χ3n) is 2.36. The van der Waals surface area contributed by atoms with Gasteiger partial charge in [0.25, 0.3) is 0 Å². The van der Waals surface area contributed by atoms with Crippen LogP contribution >= 0.6 is 23.2 Å². The Labute approximate surface area is 94.3 Å². The standard InChI is InChI=1S/C11H11Cl2N/c1-7-9(4-3-5-14)8(2)11(13)6-10(7)12/h6H,3-4H2,1-2H3. The monoisotopic (exact) mass is 227 g/mol. The second kappa shape index (κ2) is 4.68. The molecule has 1 nitrogen and oxygen atoms in total. The van der Waals surface area contributed by atoms with Crippen LogP contribution in [0.4, 0.5) is 0 Å². The molecule has 0 aliphatic heterocycles. The van der Waals surface area contributed by atoms with Crippen LogP contribution in [0, 0.1) is 25.2 Å². The van der Waals surface area contributed by atoms with Crippen molar-refractivity contribution in [3.8, 4) is 6.07 Å². The zero-order chi connectivity index (χ0) is 10.7. The number of benzene rings is 1. The minimum Gasteiger partial charge on any atom is -0.198 e. The van der Waals surface area contributed by atoms with Crippen molar-refractivity contribution in [2.24, 2.45) is 0 Å². The molecule has 0 N–H and O–H groups in total. The number of halogens is 2. The molecule has 0 spiro atoms. The van der Waals surface area contributed by atoms with Gasteiger partial charge >= 0.3 is 0 Å². The van der Waals surface area contributed by atoms with E-state index in [1.54, 1.807) is 6.07 Å². The van der Waals surface area contributed by atoms with Gasteiger partial charge < -0.3 is 0 Å². The summed E-state index contributed by atoms with van der Waals surface area (Å²) in [6.45, 7) is 3.91. The maximum atomic E-state index is 8.53. The normalized spacial score (nSPS) is 9.93. The predicted octanol–water partition coefficient (Wildman–Crippen LogP) is 4.07. The summed E-state index contributed by atoms with van der Waals surface area (Å²) in [5.41, 5.74) is 3.16. The highest BCUT2D eigenvalue weighted by atomic mass is 35.5. The molecular formula is C11H11Cl2N. The largest absolute Gasteiger partial charge is 0.198 e. The minimum atomic E-state index is 0.498. The van der Waals surface area contributed by atoms with Gasteiger partial charge in [-0.25, -0.2) is 0 Å². The number of nitrogens with zero attached hydrogens (tertiary/aromatic N) is 1. The Kier molecular flexibility index (Phi) is 3.80. The van der Waals surface area contributed by atoms with Gasteiger partial charge in [-0.1, -0.05) is 23.2 Å². The highest BCUT2D eigenvalue weighted by Gasteiger charge is 2.09. The molecule has 14 heavy (non-hydrogen) atoms. The highest BCUT2D eigenvalue weighted by Crippen LogP contribution is 2.29. The van der Waals surface area contributed by atoms with Gasteiger partial charge in [0.15, 0.2) is 0 Å². The van der Waals surface area contributed by atoms with Crippen molar-refractivity contribution >= 4 is 23.2 Å². The van der Waals surface area contributed by atoms with Crippen molar-refractivity contribution in [2.75, 3.05) is 0 Å². The van der Waals surface area contributed by atoms with Gasteiger partial charge in [-0.15, -0.1) is 0 Å². The smallest absolute Gasteiger partial charge is 0.0625 e. The van der Waals surface area contributed by atoms with Gasteiger partial charge in [0, 0.05) is 16.5 Å². The van der Waals surface area contributed by atoms with E-state index >= 15 is 0 Å². The Bertz CT molecular complexity index is 365. The SMILES string of the molecule is Cc1c(Cl)cc(Cl)c(C)c1CCC#N. The molecule has 0 saturated heterocycles. The van der Waals surface area contributed by atoms with Crippen molar-refractivity contribution in [2.45, 2.75) is 26.7 Å². The Balaban J connectivity index is 3.19. The Morgan fingerprint density at radius 3 is 2.14 bits per heavy atom. The fourth-order valence-electron chi connectivity index (χ4n) is 1.45. The van der Waals surface area contributed by atoms with E-state index in [1.807, 2.05) is 13.8 Å². The molecule has 74 valence electrons. The molecule has 1 rings (SSSR count). The first kappa shape index (κ1) is 11.4. The molecule has 1 aromatic carbocycles. The molecule has 0 fully saturated rings. The quantitative estimate of drug-likeness (QED) is 0.748. The van der Waals surface area contributed by atoms with Gasteiger partial charge in [0.2, 0.25) is 0 Å². The van der Waals surface area contributed by atoms with Crippen LogP contribution < -0.4 is 0 Å². The van der Waals surface area contributed by atoms with Crippen LogP contribution in [0.5, 0.6) is 0 Å². The maximum Gasteiger partial charge on any atom is 0.0625 e. The summed E-state index contributed by atoms with van der Waals surface area (Å²) in [4.78, 5) is 0. The summed E-state index contributed by atoms with van der Waals surface area (Å²) < 4.78 is 0. The highest BCUT2D eigenvalue weighted by molar-refractivity contribution is 6.35. The lowest BCUT2D eigenvalue weighted by atomic mass is 9.99. The van der Waals surface area contributed by atoms with Crippen LogP contribution in [0.3, 0.4) is 0 Å². The van der Waals surface area contributed by atoms with E-state index < -0.39 is 0 Å². The Morgan fingerprint density at radius 1 is 1.21 bits per heavy atom. The van der Waals surface area contributed by atoms with E-state index in [4.69, 9.17) is 28.5 Å². The summed E-state index contributed by atoms with van der Waals surface area (Å²) >= 11 is 12.0.